The van der Waals surface area contributed by atoms with E-state index in [1.807, 2.05) is 0 Å². The third-order valence-electron chi connectivity index (χ3n) is 2.75. The standard InChI is InChI=1S/C13H11BrF2N2O2S/c1-7-4-9(2-3-12(7)17)18-21(19,20)13-10(14)5-8(15)6-11(13)16/h2-6,18H,17H2,1H3. The SMILES string of the molecule is Cc1cc(NS(=O)(=O)c2c(F)cc(F)cc2Br)ccc1N. The quantitative estimate of drug-likeness (QED) is 0.806. The summed E-state index contributed by atoms with van der Waals surface area (Å²) >= 11 is 2.85. The molecule has 0 saturated carbocycles. The summed E-state index contributed by atoms with van der Waals surface area (Å²) < 4.78 is 53.2. The topological polar surface area (TPSA) is 72.2 Å². The number of hydrogen-bond donors (Lipinski definition) is 2. The van der Waals surface area contributed by atoms with Crippen LogP contribution in [0.2, 0.25) is 0 Å². The van der Waals surface area contributed by atoms with Gasteiger partial charge in [-0.3, -0.25) is 4.72 Å². The minimum absolute atomic E-state index is 0.195. The fourth-order valence-corrected chi connectivity index (χ4v) is 3.95. The van der Waals surface area contributed by atoms with E-state index < -0.39 is 26.6 Å². The summed E-state index contributed by atoms with van der Waals surface area (Å²) in [6.07, 6.45) is 0. The minimum Gasteiger partial charge on any atom is -0.399 e. The normalized spacial score (nSPS) is 11.4. The van der Waals surface area contributed by atoms with Gasteiger partial charge < -0.3 is 5.73 Å². The molecule has 0 radical (unpaired) electrons. The number of benzene rings is 2. The molecule has 0 bridgehead atoms. The Bertz CT molecular complexity index is 787. The van der Waals surface area contributed by atoms with E-state index >= 15 is 0 Å². The zero-order valence-corrected chi connectivity index (χ0v) is 13.2. The fourth-order valence-electron chi connectivity index (χ4n) is 1.73. The summed E-state index contributed by atoms with van der Waals surface area (Å²) in [7, 11) is -4.20. The maximum Gasteiger partial charge on any atom is 0.265 e. The first-order valence-electron chi connectivity index (χ1n) is 5.74. The Hall–Kier alpha value is -1.67. The number of anilines is 2. The first kappa shape index (κ1) is 15.7. The molecule has 0 saturated heterocycles. The van der Waals surface area contributed by atoms with Crippen molar-refractivity contribution in [3.8, 4) is 0 Å². The molecule has 0 heterocycles. The van der Waals surface area contributed by atoms with Crippen LogP contribution in [-0.4, -0.2) is 8.42 Å². The van der Waals surface area contributed by atoms with E-state index in [4.69, 9.17) is 5.73 Å². The van der Waals surface area contributed by atoms with Crippen LogP contribution < -0.4 is 10.5 Å². The van der Waals surface area contributed by atoms with Crippen molar-refractivity contribution in [3.63, 3.8) is 0 Å². The molecule has 0 amide bonds. The number of sulfonamides is 1. The van der Waals surface area contributed by atoms with Gasteiger partial charge in [0.1, 0.15) is 16.5 Å². The molecule has 2 rings (SSSR count). The molecule has 2 aromatic carbocycles. The van der Waals surface area contributed by atoms with Crippen molar-refractivity contribution < 1.29 is 17.2 Å². The zero-order chi connectivity index (χ0) is 15.8. The Kier molecular flexibility index (Phi) is 4.20. The van der Waals surface area contributed by atoms with E-state index in [1.165, 1.54) is 18.2 Å². The van der Waals surface area contributed by atoms with Crippen LogP contribution in [0.4, 0.5) is 20.2 Å². The second kappa shape index (κ2) is 5.61. The van der Waals surface area contributed by atoms with Gasteiger partial charge in [-0.05, 0) is 52.7 Å². The first-order valence-corrected chi connectivity index (χ1v) is 8.02. The maximum absolute atomic E-state index is 13.7. The summed E-state index contributed by atoms with van der Waals surface area (Å²) in [6, 6.07) is 5.89. The summed E-state index contributed by atoms with van der Waals surface area (Å²) in [5.74, 6) is -2.05. The van der Waals surface area contributed by atoms with Crippen LogP contribution in [0.15, 0.2) is 39.7 Å². The molecule has 8 heteroatoms. The molecule has 0 aromatic heterocycles. The average Bonchev–Trinajstić information content (AvgIpc) is 2.31. The Balaban J connectivity index is 2.46. The number of rotatable bonds is 3. The third kappa shape index (κ3) is 3.33. The molecule has 2 aromatic rings. The molecular weight excluding hydrogens is 366 g/mol. The third-order valence-corrected chi connectivity index (χ3v) is 5.10. The number of nitrogen functional groups attached to an aromatic ring is 1. The molecule has 0 fully saturated rings. The van der Waals surface area contributed by atoms with Crippen LogP contribution in [0, 0.1) is 18.6 Å². The van der Waals surface area contributed by atoms with Crippen molar-refractivity contribution in [3.05, 3.63) is 52.0 Å². The molecule has 0 aliphatic carbocycles. The van der Waals surface area contributed by atoms with E-state index in [9.17, 15) is 17.2 Å². The number of nitrogens with two attached hydrogens (primary N) is 1. The second-order valence-electron chi connectivity index (χ2n) is 4.38. The van der Waals surface area contributed by atoms with Crippen molar-refractivity contribution in [1.29, 1.82) is 0 Å². The Morgan fingerprint density at radius 1 is 1.19 bits per heavy atom. The lowest BCUT2D eigenvalue weighted by Crippen LogP contribution is -2.15. The van der Waals surface area contributed by atoms with Crippen molar-refractivity contribution in [2.45, 2.75) is 11.8 Å². The monoisotopic (exact) mass is 376 g/mol. The van der Waals surface area contributed by atoms with Gasteiger partial charge in [0, 0.05) is 21.9 Å². The summed E-state index contributed by atoms with van der Waals surface area (Å²) in [5.41, 5.74) is 7.06. The first-order chi connectivity index (χ1) is 9.70. The van der Waals surface area contributed by atoms with Crippen LogP contribution in [0.3, 0.4) is 0 Å². The predicted octanol–water partition coefficient (Wildman–Crippen LogP) is 3.42. The van der Waals surface area contributed by atoms with E-state index in [1.54, 1.807) is 6.92 Å². The Labute approximate surface area is 129 Å². The molecule has 0 unspecified atom stereocenters. The van der Waals surface area contributed by atoms with Gasteiger partial charge in [-0.15, -0.1) is 0 Å². The van der Waals surface area contributed by atoms with Crippen LogP contribution in [0.25, 0.3) is 0 Å². The van der Waals surface area contributed by atoms with Gasteiger partial charge in [-0.1, -0.05) is 0 Å². The summed E-state index contributed by atoms with van der Waals surface area (Å²) in [4.78, 5) is -0.654. The van der Waals surface area contributed by atoms with Crippen LogP contribution >= 0.6 is 15.9 Å². The predicted molar refractivity (Wildman–Crippen MR) is 80.5 cm³/mol. The van der Waals surface area contributed by atoms with E-state index in [2.05, 4.69) is 20.7 Å². The Morgan fingerprint density at radius 3 is 2.43 bits per heavy atom. The van der Waals surface area contributed by atoms with E-state index in [-0.39, 0.29) is 10.2 Å². The highest BCUT2D eigenvalue weighted by Crippen LogP contribution is 2.28. The van der Waals surface area contributed by atoms with Gasteiger partial charge >= 0.3 is 0 Å². The number of hydrogen-bond acceptors (Lipinski definition) is 3. The molecule has 3 N–H and O–H groups in total. The van der Waals surface area contributed by atoms with Gasteiger partial charge in [-0.2, -0.15) is 0 Å². The molecule has 0 atom stereocenters. The maximum atomic E-state index is 13.7. The fraction of sp³-hybridized carbons (Fsp3) is 0.0769. The lowest BCUT2D eigenvalue weighted by atomic mass is 10.2. The molecule has 0 aliphatic rings. The largest absolute Gasteiger partial charge is 0.399 e. The van der Waals surface area contributed by atoms with Crippen molar-refractivity contribution in [2.24, 2.45) is 0 Å². The summed E-state index contributed by atoms with van der Waals surface area (Å²) in [6.45, 7) is 1.71. The zero-order valence-electron chi connectivity index (χ0n) is 10.8. The van der Waals surface area contributed by atoms with Crippen molar-refractivity contribution in [1.82, 2.24) is 0 Å². The minimum atomic E-state index is -4.20. The van der Waals surface area contributed by atoms with Crippen LogP contribution in [-0.2, 0) is 10.0 Å². The van der Waals surface area contributed by atoms with Crippen molar-refractivity contribution >= 4 is 37.3 Å². The van der Waals surface area contributed by atoms with Gasteiger partial charge in [0.2, 0.25) is 0 Å². The number of nitrogens with one attached hydrogen (secondary N) is 1. The molecule has 112 valence electrons. The van der Waals surface area contributed by atoms with Gasteiger partial charge in [0.15, 0.2) is 0 Å². The highest BCUT2D eigenvalue weighted by molar-refractivity contribution is 9.10. The Morgan fingerprint density at radius 2 is 1.86 bits per heavy atom. The molecule has 21 heavy (non-hydrogen) atoms. The van der Waals surface area contributed by atoms with Crippen LogP contribution in [0.1, 0.15) is 5.56 Å². The second-order valence-corrected chi connectivity index (χ2v) is 6.85. The van der Waals surface area contributed by atoms with Gasteiger partial charge in [0.25, 0.3) is 10.0 Å². The highest BCUT2D eigenvalue weighted by atomic mass is 79.9. The highest BCUT2D eigenvalue weighted by Gasteiger charge is 2.24. The smallest absolute Gasteiger partial charge is 0.265 e. The number of aryl methyl sites for hydroxylation is 1. The lowest BCUT2D eigenvalue weighted by Gasteiger charge is -2.12. The van der Waals surface area contributed by atoms with Gasteiger partial charge in [0.05, 0.1) is 0 Å². The molecule has 0 aliphatic heterocycles. The van der Waals surface area contributed by atoms with Crippen molar-refractivity contribution in [2.75, 3.05) is 10.5 Å². The van der Waals surface area contributed by atoms with E-state index in [0.29, 0.717) is 17.3 Å². The summed E-state index contributed by atoms with van der Waals surface area (Å²) in [5, 5.41) is 0. The van der Waals surface area contributed by atoms with E-state index in [0.717, 1.165) is 6.07 Å². The molecular formula is C13H11BrF2N2O2S. The molecule has 4 nitrogen and oxygen atoms in total. The van der Waals surface area contributed by atoms with Crippen LogP contribution in [0.5, 0.6) is 0 Å². The van der Waals surface area contributed by atoms with Gasteiger partial charge in [-0.25, -0.2) is 17.2 Å². The molecule has 0 spiro atoms. The lowest BCUT2D eigenvalue weighted by molar-refractivity contribution is 0.548. The number of halogens is 3. The average molecular weight is 377 g/mol.